The molecule has 0 atom stereocenters. The molecule has 0 rings (SSSR count). The van der Waals surface area contributed by atoms with E-state index in [0.717, 1.165) is 12.8 Å². The Morgan fingerprint density at radius 1 is 1.25 bits per heavy atom. The quantitative estimate of drug-likeness (QED) is 0.619. The summed E-state index contributed by atoms with van der Waals surface area (Å²) in [6.07, 6.45) is 10.9. The first-order chi connectivity index (χ1) is 5.77. The fraction of sp³-hybridized carbons (Fsp3) is 0.500. The summed E-state index contributed by atoms with van der Waals surface area (Å²) in [5.74, 6) is -0.733. The van der Waals surface area contributed by atoms with Gasteiger partial charge in [0.2, 0.25) is 0 Å². The van der Waals surface area contributed by atoms with Crippen molar-refractivity contribution in [3.8, 4) is 0 Å². The van der Waals surface area contributed by atoms with Crippen LogP contribution in [-0.2, 0) is 4.79 Å². The second-order valence-electron chi connectivity index (χ2n) is 2.52. The highest BCUT2D eigenvalue weighted by Gasteiger charge is 1.90. The summed E-state index contributed by atoms with van der Waals surface area (Å²) in [6.45, 7) is 2.09. The molecule has 12 heavy (non-hydrogen) atoms. The lowest BCUT2D eigenvalue weighted by Gasteiger charge is -1.86. The van der Waals surface area contributed by atoms with Crippen molar-refractivity contribution < 1.29 is 9.90 Å². The van der Waals surface area contributed by atoms with E-state index < -0.39 is 5.97 Å². The number of carboxylic acids is 1. The van der Waals surface area contributed by atoms with Crippen LogP contribution in [0.25, 0.3) is 0 Å². The van der Waals surface area contributed by atoms with Gasteiger partial charge in [0.25, 0.3) is 0 Å². The summed E-state index contributed by atoms with van der Waals surface area (Å²) in [4.78, 5) is 10.1. The molecule has 0 aromatic heterocycles. The number of aliphatic carboxylic acids is 1. The third-order valence-corrected chi connectivity index (χ3v) is 1.37. The van der Waals surface area contributed by atoms with Gasteiger partial charge in [-0.15, -0.1) is 0 Å². The van der Waals surface area contributed by atoms with Gasteiger partial charge in [0.05, 0.1) is 0 Å². The van der Waals surface area contributed by atoms with Gasteiger partial charge in [-0.3, -0.25) is 4.79 Å². The van der Waals surface area contributed by atoms with Gasteiger partial charge in [0.1, 0.15) is 0 Å². The van der Waals surface area contributed by atoms with Gasteiger partial charge in [-0.25, -0.2) is 0 Å². The summed E-state index contributed by atoms with van der Waals surface area (Å²) in [6, 6.07) is 0. The Hall–Kier alpha value is -1.05. The molecule has 0 aromatic carbocycles. The Morgan fingerprint density at radius 3 is 2.50 bits per heavy atom. The highest BCUT2D eigenvalue weighted by atomic mass is 16.4. The van der Waals surface area contributed by atoms with Crippen LogP contribution in [0.1, 0.15) is 32.6 Å². The van der Waals surface area contributed by atoms with E-state index in [1.54, 1.807) is 0 Å². The maximum Gasteiger partial charge on any atom is 0.303 e. The van der Waals surface area contributed by atoms with Crippen molar-refractivity contribution in [1.82, 2.24) is 0 Å². The highest BCUT2D eigenvalue weighted by Crippen LogP contribution is 1.94. The lowest BCUT2D eigenvalue weighted by atomic mass is 10.2. The number of carboxylic acid groups (broad SMARTS) is 1. The fourth-order valence-corrected chi connectivity index (χ4v) is 0.762. The van der Waals surface area contributed by atoms with Crippen molar-refractivity contribution in [2.24, 2.45) is 0 Å². The van der Waals surface area contributed by atoms with Crippen molar-refractivity contribution in [1.29, 1.82) is 0 Å². The molecule has 1 N–H and O–H groups in total. The molecule has 0 radical (unpaired) electrons. The van der Waals surface area contributed by atoms with E-state index in [2.05, 4.69) is 19.1 Å². The van der Waals surface area contributed by atoms with E-state index in [9.17, 15) is 4.79 Å². The van der Waals surface area contributed by atoms with Crippen LogP contribution in [0.4, 0.5) is 0 Å². The summed E-state index contributed by atoms with van der Waals surface area (Å²) < 4.78 is 0. The zero-order chi connectivity index (χ0) is 9.23. The van der Waals surface area contributed by atoms with Gasteiger partial charge < -0.3 is 5.11 Å². The predicted molar refractivity (Wildman–Crippen MR) is 50.1 cm³/mol. The van der Waals surface area contributed by atoms with Gasteiger partial charge in [0.15, 0.2) is 0 Å². The number of rotatable bonds is 6. The van der Waals surface area contributed by atoms with Crippen LogP contribution in [0.15, 0.2) is 24.3 Å². The summed E-state index contributed by atoms with van der Waals surface area (Å²) >= 11 is 0. The van der Waals surface area contributed by atoms with Gasteiger partial charge >= 0.3 is 5.97 Å². The molecule has 0 aliphatic heterocycles. The molecule has 0 unspecified atom stereocenters. The van der Waals surface area contributed by atoms with Gasteiger partial charge in [-0.1, -0.05) is 31.2 Å². The minimum absolute atomic E-state index is 0.230. The van der Waals surface area contributed by atoms with E-state index in [4.69, 9.17) is 5.11 Å². The standard InChI is InChI=1S/C10H16O2/c1-2-3-4-5-6-7-8-9-10(11)12/h3-4,6-7H,2,5,8-9H2,1H3,(H,11,12). The monoisotopic (exact) mass is 168 g/mol. The Morgan fingerprint density at radius 2 is 1.92 bits per heavy atom. The van der Waals surface area contributed by atoms with Crippen LogP contribution >= 0.6 is 0 Å². The van der Waals surface area contributed by atoms with Crippen molar-refractivity contribution in [3.63, 3.8) is 0 Å². The molecular weight excluding hydrogens is 152 g/mol. The van der Waals surface area contributed by atoms with Crippen LogP contribution < -0.4 is 0 Å². The Balaban J connectivity index is 3.25. The molecule has 0 heterocycles. The lowest BCUT2D eigenvalue weighted by molar-refractivity contribution is -0.136. The Kier molecular flexibility index (Phi) is 7.35. The molecule has 2 nitrogen and oxygen atoms in total. The minimum Gasteiger partial charge on any atom is -0.481 e. The van der Waals surface area contributed by atoms with E-state index >= 15 is 0 Å². The molecule has 2 heteroatoms. The number of hydrogen-bond donors (Lipinski definition) is 1. The molecule has 0 aliphatic rings. The Labute approximate surface area is 73.6 Å². The van der Waals surface area contributed by atoms with Crippen LogP contribution in [0.2, 0.25) is 0 Å². The number of hydrogen-bond acceptors (Lipinski definition) is 1. The Bertz CT molecular complexity index is 169. The maximum atomic E-state index is 10.1. The average molecular weight is 168 g/mol. The normalized spacial score (nSPS) is 11.4. The van der Waals surface area contributed by atoms with Crippen LogP contribution in [0.3, 0.4) is 0 Å². The molecule has 0 amide bonds. The molecular formula is C10H16O2. The molecule has 0 aliphatic carbocycles. The van der Waals surface area contributed by atoms with Crippen molar-refractivity contribution in [2.45, 2.75) is 32.6 Å². The molecule has 0 aromatic rings. The second-order valence-corrected chi connectivity index (χ2v) is 2.52. The van der Waals surface area contributed by atoms with E-state index in [-0.39, 0.29) is 6.42 Å². The fourth-order valence-electron chi connectivity index (χ4n) is 0.762. The number of allylic oxidation sites excluding steroid dienone is 4. The lowest BCUT2D eigenvalue weighted by Crippen LogP contribution is -1.91. The molecule has 68 valence electrons. The van der Waals surface area contributed by atoms with E-state index in [0.29, 0.717) is 6.42 Å². The largest absolute Gasteiger partial charge is 0.481 e. The minimum atomic E-state index is -0.733. The SMILES string of the molecule is CCC=CCC=CCCC(=O)O. The third kappa shape index (κ3) is 8.95. The first-order valence-corrected chi connectivity index (χ1v) is 4.29. The zero-order valence-corrected chi connectivity index (χ0v) is 7.49. The van der Waals surface area contributed by atoms with E-state index in [1.807, 2.05) is 12.2 Å². The third-order valence-electron chi connectivity index (χ3n) is 1.37. The predicted octanol–water partition coefficient (Wildman–Crippen LogP) is 2.76. The molecule has 0 bridgehead atoms. The first kappa shape index (κ1) is 11.0. The van der Waals surface area contributed by atoms with Crippen molar-refractivity contribution >= 4 is 5.97 Å². The maximum absolute atomic E-state index is 10.1. The molecule has 0 fully saturated rings. The highest BCUT2D eigenvalue weighted by molar-refractivity contribution is 5.66. The summed E-state index contributed by atoms with van der Waals surface area (Å²) in [5.41, 5.74) is 0. The van der Waals surface area contributed by atoms with Gasteiger partial charge in [0, 0.05) is 6.42 Å². The van der Waals surface area contributed by atoms with Crippen molar-refractivity contribution in [3.05, 3.63) is 24.3 Å². The topological polar surface area (TPSA) is 37.3 Å². The van der Waals surface area contributed by atoms with Gasteiger partial charge in [-0.05, 0) is 19.3 Å². The molecule has 0 saturated carbocycles. The molecule has 0 spiro atoms. The van der Waals surface area contributed by atoms with E-state index in [1.165, 1.54) is 0 Å². The zero-order valence-electron chi connectivity index (χ0n) is 7.49. The summed E-state index contributed by atoms with van der Waals surface area (Å²) in [5, 5.41) is 8.31. The smallest absolute Gasteiger partial charge is 0.303 e. The molecule has 0 saturated heterocycles. The first-order valence-electron chi connectivity index (χ1n) is 4.29. The number of carbonyl (C=O) groups is 1. The van der Waals surface area contributed by atoms with Gasteiger partial charge in [-0.2, -0.15) is 0 Å². The van der Waals surface area contributed by atoms with Crippen LogP contribution in [0.5, 0.6) is 0 Å². The van der Waals surface area contributed by atoms with Crippen LogP contribution in [0, 0.1) is 0 Å². The average Bonchev–Trinajstić information content (AvgIpc) is 2.02. The summed E-state index contributed by atoms with van der Waals surface area (Å²) in [7, 11) is 0. The second kappa shape index (κ2) is 8.05. The van der Waals surface area contributed by atoms with Crippen LogP contribution in [-0.4, -0.2) is 11.1 Å². The van der Waals surface area contributed by atoms with Crippen molar-refractivity contribution in [2.75, 3.05) is 0 Å².